The highest BCUT2D eigenvalue weighted by atomic mass is 14.5. The molecule has 0 aliphatic heterocycles. The summed E-state index contributed by atoms with van der Waals surface area (Å²) in [5.74, 6) is 5.83. The summed E-state index contributed by atoms with van der Waals surface area (Å²) in [5.41, 5.74) is 5.17. The van der Waals surface area contributed by atoms with Crippen LogP contribution in [0.25, 0.3) is 0 Å². The maximum Gasteiger partial charge on any atom is 0.0551 e. The third-order valence-electron chi connectivity index (χ3n) is 1.13. The molecule has 0 aliphatic rings. The van der Waals surface area contributed by atoms with Gasteiger partial charge in [-0.1, -0.05) is 25.7 Å². The minimum atomic E-state index is 0.506. The van der Waals surface area contributed by atoms with Crippen LogP contribution < -0.4 is 5.73 Å². The number of hydrogen-bond acceptors (Lipinski definition) is 1. The van der Waals surface area contributed by atoms with Crippen molar-refractivity contribution in [2.75, 3.05) is 6.54 Å². The highest BCUT2D eigenvalue weighted by Gasteiger charge is 1.78. The van der Waals surface area contributed by atoms with E-state index in [-0.39, 0.29) is 0 Å². The zero-order valence-corrected chi connectivity index (χ0v) is 6.11. The summed E-state index contributed by atoms with van der Waals surface area (Å²) < 4.78 is 0. The van der Waals surface area contributed by atoms with Gasteiger partial charge < -0.3 is 5.73 Å². The molecule has 0 saturated heterocycles. The smallest absolute Gasteiger partial charge is 0.0551 e. The predicted molar refractivity (Wildman–Crippen MR) is 41.0 cm³/mol. The second-order valence-corrected chi connectivity index (χ2v) is 2.01. The van der Waals surface area contributed by atoms with Crippen molar-refractivity contribution >= 4 is 0 Å². The Hall–Kier alpha value is -0.480. The van der Waals surface area contributed by atoms with Crippen LogP contribution in [0.2, 0.25) is 0 Å². The summed E-state index contributed by atoms with van der Waals surface area (Å²) >= 11 is 0. The number of hydrogen-bond donors (Lipinski definition) is 1. The number of rotatable bonds is 3. The van der Waals surface area contributed by atoms with E-state index in [1.165, 1.54) is 19.3 Å². The van der Waals surface area contributed by atoms with Crippen LogP contribution in [0.1, 0.15) is 32.6 Å². The molecule has 0 atom stereocenters. The number of nitrogens with two attached hydrogens (primary N) is 1. The first-order valence-electron chi connectivity index (χ1n) is 3.57. The molecule has 0 fully saturated rings. The minimum Gasteiger partial charge on any atom is -0.320 e. The van der Waals surface area contributed by atoms with Gasteiger partial charge in [0.15, 0.2) is 0 Å². The van der Waals surface area contributed by atoms with Gasteiger partial charge in [0, 0.05) is 6.42 Å². The van der Waals surface area contributed by atoms with Crippen molar-refractivity contribution in [1.29, 1.82) is 0 Å². The SMILES string of the molecule is CCCCCC#CCN. The van der Waals surface area contributed by atoms with E-state index in [0.29, 0.717) is 6.54 Å². The molecule has 1 heteroatoms. The molecule has 0 aromatic heterocycles. The molecule has 0 bridgehead atoms. The van der Waals surface area contributed by atoms with E-state index < -0.39 is 0 Å². The summed E-state index contributed by atoms with van der Waals surface area (Å²) in [6.07, 6.45) is 4.80. The Morgan fingerprint density at radius 3 is 2.56 bits per heavy atom. The fraction of sp³-hybridized carbons (Fsp3) is 0.750. The first kappa shape index (κ1) is 8.52. The first-order chi connectivity index (χ1) is 4.41. The summed E-state index contributed by atoms with van der Waals surface area (Å²) in [6, 6.07) is 0. The molecule has 1 nitrogen and oxygen atoms in total. The predicted octanol–water partition coefficient (Wildman–Crippen LogP) is 1.53. The van der Waals surface area contributed by atoms with Crippen molar-refractivity contribution in [3.8, 4) is 11.8 Å². The topological polar surface area (TPSA) is 26.0 Å². The molecule has 0 saturated carbocycles. The molecule has 0 radical (unpaired) electrons. The maximum atomic E-state index is 5.17. The zero-order valence-electron chi connectivity index (χ0n) is 6.11. The van der Waals surface area contributed by atoms with Crippen LogP contribution in [-0.4, -0.2) is 6.54 Å². The van der Waals surface area contributed by atoms with E-state index in [1.54, 1.807) is 0 Å². The van der Waals surface area contributed by atoms with Crippen LogP contribution in [0.3, 0.4) is 0 Å². The first-order valence-corrected chi connectivity index (χ1v) is 3.57. The van der Waals surface area contributed by atoms with Crippen LogP contribution >= 0.6 is 0 Å². The van der Waals surface area contributed by atoms with E-state index in [4.69, 9.17) is 5.73 Å². The van der Waals surface area contributed by atoms with Crippen LogP contribution in [-0.2, 0) is 0 Å². The zero-order chi connectivity index (χ0) is 6.95. The molecule has 0 aromatic rings. The molecule has 0 aromatic carbocycles. The molecule has 0 heterocycles. The van der Waals surface area contributed by atoms with Crippen LogP contribution in [0, 0.1) is 11.8 Å². The van der Waals surface area contributed by atoms with Gasteiger partial charge in [-0.25, -0.2) is 0 Å². The van der Waals surface area contributed by atoms with Crippen LogP contribution in [0.5, 0.6) is 0 Å². The summed E-state index contributed by atoms with van der Waals surface area (Å²) in [4.78, 5) is 0. The quantitative estimate of drug-likeness (QED) is 0.449. The van der Waals surface area contributed by atoms with Gasteiger partial charge in [-0.05, 0) is 6.42 Å². The monoisotopic (exact) mass is 125 g/mol. The Morgan fingerprint density at radius 2 is 2.00 bits per heavy atom. The van der Waals surface area contributed by atoms with Crippen LogP contribution in [0.4, 0.5) is 0 Å². The standard InChI is InChI=1S/C8H15N/c1-2-3-4-5-6-7-8-9/h2-5,8-9H2,1H3. The van der Waals surface area contributed by atoms with Gasteiger partial charge in [-0.2, -0.15) is 0 Å². The highest BCUT2D eigenvalue weighted by Crippen LogP contribution is 1.96. The second kappa shape index (κ2) is 7.52. The normalized spacial score (nSPS) is 8.22. The Labute approximate surface area is 57.6 Å². The Morgan fingerprint density at radius 1 is 1.22 bits per heavy atom. The fourth-order valence-electron chi connectivity index (χ4n) is 0.624. The molecule has 2 N–H and O–H groups in total. The maximum absolute atomic E-state index is 5.17. The van der Waals surface area contributed by atoms with Crippen LogP contribution in [0.15, 0.2) is 0 Å². The molecule has 0 amide bonds. The largest absolute Gasteiger partial charge is 0.320 e. The van der Waals surface area contributed by atoms with Crippen molar-refractivity contribution in [3.05, 3.63) is 0 Å². The fourth-order valence-corrected chi connectivity index (χ4v) is 0.624. The third kappa shape index (κ3) is 7.52. The molecule has 0 spiro atoms. The van der Waals surface area contributed by atoms with Gasteiger partial charge in [-0.3, -0.25) is 0 Å². The van der Waals surface area contributed by atoms with E-state index in [9.17, 15) is 0 Å². The number of unbranched alkanes of at least 4 members (excludes halogenated alkanes) is 3. The lowest BCUT2D eigenvalue weighted by atomic mass is 10.2. The lowest BCUT2D eigenvalue weighted by Crippen LogP contribution is -1.92. The molecular formula is C8H15N. The Bertz CT molecular complexity index is 96.9. The third-order valence-corrected chi connectivity index (χ3v) is 1.13. The lowest BCUT2D eigenvalue weighted by Gasteiger charge is -1.87. The van der Waals surface area contributed by atoms with E-state index >= 15 is 0 Å². The van der Waals surface area contributed by atoms with E-state index in [1.807, 2.05) is 0 Å². The van der Waals surface area contributed by atoms with E-state index in [0.717, 1.165) is 6.42 Å². The van der Waals surface area contributed by atoms with Gasteiger partial charge in [-0.15, -0.1) is 5.92 Å². The molecule has 0 rings (SSSR count). The molecule has 9 heavy (non-hydrogen) atoms. The molecule has 0 aliphatic carbocycles. The average Bonchev–Trinajstić information content (AvgIpc) is 1.89. The molecular weight excluding hydrogens is 110 g/mol. The van der Waals surface area contributed by atoms with Crippen molar-refractivity contribution in [3.63, 3.8) is 0 Å². The Kier molecular flexibility index (Phi) is 7.12. The second-order valence-electron chi connectivity index (χ2n) is 2.01. The lowest BCUT2D eigenvalue weighted by molar-refractivity contribution is 0.737. The summed E-state index contributed by atoms with van der Waals surface area (Å²) in [5, 5.41) is 0. The van der Waals surface area contributed by atoms with Crippen molar-refractivity contribution in [2.24, 2.45) is 5.73 Å². The van der Waals surface area contributed by atoms with Gasteiger partial charge in [0.25, 0.3) is 0 Å². The molecule has 52 valence electrons. The summed E-state index contributed by atoms with van der Waals surface area (Å²) in [6.45, 7) is 2.70. The summed E-state index contributed by atoms with van der Waals surface area (Å²) in [7, 11) is 0. The van der Waals surface area contributed by atoms with Gasteiger partial charge in [0.2, 0.25) is 0 Å². The molecule has 0 unspecified atom stereocenters. The van der Waals surface area contributed by atoms with Gasteiger partial charge in [0.05, 0.1) is 6.54 Å². The van der Waals surface area contributed by atoms with Crippen molar-refractivity contribution < 1.29 is 0 Å². The van der Waals surface area contributed by atoms with Crippen molar-refractivity contribution in [1.82, 2.24) is 0 Å². The highest BCUT2D eigenvalue weighted by molar-refractivity contribution is 4.99. The van der Waals surface area contributed by atoms with Gasteiger partial charge in [0.1, 0.15) is 0 Å². The average molecular weight is 125 g/mol. The van der Waals surface area contributed by atoms with Crippen molar-refractivity contribution in [2.45, 2.75) is 32.6 Å². The minimum absolute atomic E-state index is 0.506. The van der Waals surface area contributed by atoms with Gasteiger partial charge >= 0.3 is 0 Å². The van der Waals surface area contributed by atoms with E-state index in [2.05, 4.69) is 18.8 Å². The Balaban J connectivity index is 2.90.